The zero-order chi connectivity index (χ0) is 21.1. The fourth-order valence-corrected chi connectivity index (χ4v) is 4.22. The minimum absolute atomic E-state index is 0.00624. The predicted octanol–water partition coefficient (Wildman–Crippen LogP) is 1.34. The molecule has 2 aromatic rings. The number of pyridine rings is 1. The SMILES string of the molecule is CC(C)N1CCNC(=O)C1CC(=O)N1CCc2oc(CCc3cccnc3)nc2C1. The maximum Gasteiger partial charge on any atom is 0.237 e. The lowest BCUT2D eigenvalue weighted by molar-refractivity contribution is -0.140. The van der Waals surface area contributed by atoms with Gasteiger partial charge in [0.05, 0.1) is 19.0 Å². The predicted molar refractivity (Wildman–Crippen MR) is 111 cm³/mol. The van der Waals surface area contributed by atoms with Crippen LogP contribution >= 0.6 is 0 Å². The highest BCUT2D eigenvalue weighted by Crippen LogP contribution is 2.22. The Kier molecular flexibility index (Phi) is 6.13. The van der Waals surface area contributed by atoms with E-state index >= 15 is 0 Å². The summed E-state index contributed by atoms with van der Waals surface area (Å²) < 4.78 is 5.93. The Balaban J connectivity index is 1.37. The molecule has 2 aromatic heterocycles. The molecule has 0 aromatic carbocycles. The zero-order valence-electron chi connectivity index (χ0n) is 17.6. The summed E-state index contributed by atoms with van der Waals surface area (Å²) in [6, 6.07) is 3.78. The van der Waals surface area contributed by atoms with Gasteiger partial charge in [-0.25, -0.2) is 4.98 Å². The second-order valence-electron chi connectivity index (χ2n) is 8.25. The zero-order valence-corrected chi connectivity index (χ0v) is 17.6. The van der Waals surface area contributed by atoms with Crippen LogP contribution in [0, 0.1) is 0 Å². The molecule has 2 aliphatic heterocycles. The van der Waals surface area contributed by atoms with Gasteiger partial charge < -0.3 is 14.6 Å². The third kappa shape index (κ3) is 4.53. The first-order chi connectivity index (χ1) is 14.5. The summed E-state index contributed by atoms with van der Waals surface area (Å²) in [5.74, 6) is 1.52. The van der Waals surface area contributed by atoms with Crippen LogP contribution in [0.15, 0.2) is 28.9 Å². The highest BCUT2D eigenvalue weighted by Gasteiger charge is 2.35. The summed E-state index contributed by atoms with van der Waals surface area (Å²) >= 11 is 0. The van der Waals surface area contributed by atoms with Crippen molar-refractivity contribution in [3.05, 3.63) is 47.4 Å². The van der Waals surface area contributed by atoms with Crippen molar-refractivity contribution < 1.29 is 14.0 Å². The van der Waals surface area contributed by atoms with Crippen molar-refractivity contribution in [1.82, 2.24) is 25.1 Å². The summed E-state index contributed by atoms with van der Waals surface area (Å²) in [7, 11) is 0. The number of oxazole rings is 1. The molecule has 1 N–H and O–H groups in total. The lowest BCUT2D eigenvalue weighted by Gasteiger charge is -2.38. The molecule has 1 atom stereocenters. The largest absolute Gasteiger partial charge is 0.445 e. The van der Waals surface area contributed by atoms with Crippen LogP contribution in [0.25, 0.3) is 0 Å². The van der Waals surface area contributed by atoms with Crippen LogP contribution in [0.3, 0.4) is 0 Å². The number of aromatic nitrogens is 2. The summed E-state index contributed by atoms with van der Waals surface area (Å²) in [5.41, 5.74) is 1.98. The normalized spacial score (nSPS) is 19.6. The minimum Gasteiger partial charge on any atom is -0.445 e. The fourth-order valence-electron chi connectivity index (χ4n) is 4.22. The average molecular weight is 412 g/mol. The van der Waals surface area contributed by atoms with E-state index in [4.69, 9.17) is 4.42 Å². The number of nitrogens with one attached hydrogen (secondary N) is 1. The first-order valence-electron chi connectivity index (χ1n) is 10.7. The molecular formula is C22H29N5O3. The van der Waals surface area contributed by atoms with E-state index in [1.807, 2.05) is 18.3 Å². The molecule has 2 amide bonds. The molecule has 2 aliphatic rings. The summed E-state index contributed by atoms with van der Waals surface area (Å²) in [6.45, 7) is 6.57. The van der Waals surface area contributed by atoms with Crippen LogP contribution in [-0.2, 0) is 35.4 Å². The molecule has 4 rings (SSSR count). The number of amides is 2. The molecular weight excluding hydrogens is 382 g/mol. The van der Waals surface area contributed by atoms with Crippen molar-refractivity contribution in [2.45, 2.75) is 58.2 Å². The first kappa shape index (κ1) is 20.5. The van der Waals surface area contributed by atoms with E-state index in [1.165, 1.54) is 0 Å². The van der Waals surface area contributed by atoms with Crippen molar-refractivity contribution in [3.63, 3.8) is 0 Å². The van der Waals surface area contributed by atoms with Gasteiger partial charge in [-0.15, -0.1) is 0 Å². The fraction of sp³-hybridized carbons (Fsp3) is 0.545. The molecule has 0 saturated carbocycles. The Bertz CT molecular complexity index is 895. The Morgan fingerprint density at radius 3 is 2.97 bits per heavy atom. The molecule has 0 radical (unpaired) electrons. The maximum atomic E-state index is 13.0. The molecule has 0 aliphatic carbocycles. The molecule has 1 saturated heterocycles. The highest BCUT2D eigenvalue weighted by molar-refractivity contribution is 5.89. The second-order valence-corrected chi connectivity index (χ2v) is 8.25. The second kappa shape index (κ2) is 8.95. The molecule has 1 unspecified atom stereocenters. The Labute approximate surface area is 176 Å². The van der Waals surface area contributed by atoms with Gasteiger partial charge >= 0.3 is 0 Å². The van der Waals surface area contributed by atoms with Gasteiger partial charge in [0.15, 0.2) is 5.89 Å². The van der Waals surface area contributed by atoms with Crippen molar-refractivity contribution in [2.24, 2.45) is 0 Å². The number of nitrogens with zero attached hydrogens (tertiary/aromatic N) is 4. The van der Waals surface area contributed by atoms with E-state index in [9.17, 15) is 9.59 Å². The third-order valence-electron chi connectivity index (χ3n) is 5.88. The monoisotopic (exact) mass is 411 g/mol. The molecule has 0 spiro atoms. The minimum atomic E-state index is -0.403. The van der Waals surface area contributed by atoms with Gasteiger partial charge in [0.25, 0.3) is 0 Å². The van der Waals surface area contributed by atoms with Crippen LogP contribution in [0.4, 0.5) is 0 Å². The van der Waals surface area contributed by atoms with Gasteiger partial charge in [-0.05, 0) is 31.9 Å². The van der Waals surface area contributed by atoms with Gasteiger partial charge in [-0.2, -0.15) is 0 Å². The quantitative estimate of drug-likeness (QED) is 0.771. The number of fused-ring (bicyclic) bond motifs is 1. The van der Waals surface area contributed by atoms with E-state index < -0.39 is 6.04 Å². The van der Waals surface area contributed by atoms with Gasteiger partial charge in [-0.3, -0.25) is 19.5 Å². The number of rotatable bonds is 6. The summed E-state index contributed by atoms with van der Waals surface area (Å²) in [5, 5.41) is 2.89. The third-order valence-corrected chi connectivity index (χ3v) is 5.88. The molecule has 1 fully saturated rings. The average Bonchev–Trinajstić information content (AvgIpc) is 3.16. The van der Waals surface area contributed by atoms with Gasteiger partial charge in [-0.1, -0.05) is 6.07 Å². The maximum absolute atomic E-state index is 13.0. The van der Waals surface area contributed by atoms with Crippen molar-refractivity contribution in [1.29, 1.82) is 0 Å². The van der Waals surface area contributed by atoms with Crippen molar-refractivity contribution in [2.75, 3.05) is 19.6 Å². The number of carbonyl (C=O) groups is 2. The molecule has 8 nitrogen and oxygen atoms in total. The van der Waals surface area contributed by atoms with E-state index in [2.05, 4.69) is 34.0 Å². The number of carbonyl (C=O) groups excluding carboxylic acids is 2. The van der Waals surface area contributed by atoms with Gasteiger partial charge in [0.2, 0.25) is 11.8 Å². The Morgan fingerprint density at radius 2 is 2.20 bits per heavy atom. The Hall–Kier alpha value is -2.74. The smallest absolute Gasteiger partial charge is 0.237 e. The number of hydrogen-bond donors (Lipinski definition) is 1. The molecule has 30 heavy (non-hydrogen) atoms. The van der Waals surface area contributed by atoms with E-state index in [0.29, 0.717) is 38.4 Å². The Morgan fingerprint density at radius 1 is 1.33 bits per heavy atom. The lowest BCUT2D eigenvalue weighted by atomic mass is 10.0. The lowest BCUT2D eigenvalue weighted by Crippen LogP contribution is -2.58. The van der Waals surface area contributed by atoms with Gasteiger partial charge in [0.1, 0.15) is 11.5 Å². The van der Waals surface area contributed by atoms with Crippen LogP contribution < -0.4 is 5.32 Å². The van der Waals surface area contributed by atoms with Crippen LogP contribution in [-0.4, -0.2) is 63.3 Å². The number of piperazine rings is 1. The summed E-state index contributed by atoms with van der Waals surface area (Å²) in [6.07, 6.45) is 5.99. The van der Waals surface area contributed by atoms with E-state index in [-0.39, 0.29) is 24.3 Å². The standard InChI is InChI=1S/C22H29N5O3/c1-15(2)27-11-9-24-22(29)18(27)12-21(28)26-10-7-19-17(14-26)25-20(30-19)6-5-16-4-3-8-23-13-16/h3-4,8,13,15,18H,5-7,9-12,14H2,1-2H3,(H,24,29). The van der Waals surface area contributed by atoms with Crippen molar-refractivity contribution in [3.8, 4) is 0 Å². The topological polar surface area (TPSA) is 91.6 Å². The first-order valence-corrected chi connectivity index (χ1v) is 10.7. The number of aryl methyl sites for hydroxylation is 2. The highest BCUT2D eigenvalue weighted by atomic mass is 16.4. The molecule has 0 bridgehead atoms. The van der Waals surface area contributed by atoms with E-state index in [1.54, 1.807) is 11.1 Å². The summed E-state index contributed by atoms with van der Waals surface area (Å²) in [4.78, 5) is 38.0. The van der Waals surface area contributed by atoms with Crippen LogP contribution in [0.2, 0.25) is 0 Å². The molecule has 160 valence electrons. The molecule has 8 heteroatoms. The van der Waals surface area contributed by atoms with E-state index in [0.717, 1.165) is 30.0 Å². The van der Waals surface area contributed by atoms with Crippen molar-refractivity contribution >= 4 is 11.8 Å². The van der Waals surface area contributed by atoms with Crippen LogP contribution in [0.5, 0.6) is 0 Å². The van der Waals surface area contributed by atoms with Gasteiger partial charge in [0, 0.05) is 50.9 Å². The van der Waals surface area contributed by atoms with Crippen LogP contribution in [0.1, 0.15) is 43.2 Å². The molecule has 4 heterocycles. The number of hydrogen-bond acceptors (Lipinski definition) is 6.